The van der Waals surface area contributed by atoms with Crippen LogP contribution in [-0.4, -0.2) is 0 Å². The molecule has 0 aliphatic heterocycles. The molecule has 0 aromatic rings. The number of hydrogen-bond acceptors (Lipinski definition) is 0. The lowest BCUT2D eigenvalue weighted by Gasteiger charge is -2.05. The van der Waals surface area contributed by atoms with E-state index in [4.69, 9.17) is 0 Å². The van der Waals surface area contributed by atoms with Crippen molar-refractivity contribution in [1.82, 2.24) is 0 Å². The van der Waals surface area contributed by atoms with Gasteiger partial charge in [0.15, 0.2) is 0 Å². The summed E-state index contributed by atoms with van der Waals surface area (Å²) in [4.78, 5) is 0. The Labute approximate surface area is 320 Å². The Morgan fingerprint density at radius 1 is 0.0400 bits per heavy atom. The van der Waals surface area contributed by atoms with Crippen molar-refractivity contribution in [2.75, 3.05) is 0 Å². The Balaban J connectivity index is 0.000000270. The third-order valence-electron chi connectivity index (χ3n) is 10.1. The van der Waals surface area contributed by atoms with Gasteiger partial charge in [0.2, 0.25) is 0 Å². The summed E-state index contributed by atoms with van der Waals surface area (Å²) < 4.78 is 0. The SMILES string of the molecule is C1CC1.C1CC1.C1CC1.C1CC1.C1CC1.C1CC1.C1CCC1.C1CCC1.C1CCC1.C1CCC1.C1CCC1.C1CCC1.C1CCC1.C1CCC1. The average Bonchev–Trinajstić information content (AvgIpc) is 3.72. The minimum Gasteiger partial charge on any atom is -0.0533 e. The Kier molecular flexibility index (Phi) is 43.4. The average molecular weight is 701 g/mol. The molecule has 0 spiro atoms. The summed E-state index contributed by atoms with van der Waals surface area (Å²) in [5, 5.41) is 0. The minimum absolute atomic E-state index is 1.50. The van der Waals surface area contributed by atoms with Gasteiger partial charge >= 0.3 is 0 Å². The molecular weight excluding hydrogens is 601 g/mol. The molecule has 14 rings (SSSR count). The zero-order valence-electron chi connectivity index (χ0n) is 35.4. The first-order chi connectivity index (χ1) is 25.0. The first-order valence-corrected chi connectivity index (χ1v) is 25.0. The van der Waals surface area contributed by atoms with E-state index in [0.717, 1.165) is 0 Å². The van der Waals surface area contributed by atoms with Crippen LogP contribution in [0.2, 0.25) is 0 Å². The van der Waals surface area contributed by atoms with Gasteiger partial charge in [-0.2, -0.15) is 0 Å². The van der Waals surface area contributed by atoms with Crippen molar-refractivity contribution in [2.24, 2.45) is 0 Å². The lowest BCUT2D eigenvalue weighted by Crippen LogP contribution is -1.85. The molecule has 14 aliphatic rings. The summed E-state index contributed by atoms with van der Waals surface area (Å²) in [7, 11) is 0. The molecule has 0 aromatic heterocycles. The van der Waals surface area contributed by atoms with E-state index in [0.29, 0.717) is 0 Å². The molecule has 300 valence electrons. The van der Waals surface area contributed by atoms with Crippen molar-refractivity contribution in [2.45, 2.75) is 321 Å². The molecule has 0 N–H and O–H groups in total. The van der Waals surface area contributed by atoms with Crippen LogP contribution in [0.3, 0.4) is 0 Å². The molecule has 0 bridgehead atoms. The third-order valence-corrected chi connectivity index (χ3v) is 10.1. The molecule has 0 amide bonds. The minimum atomic E-state index is 1.50. The Hall–Kier alpha value is 0. The normalized spacial score (nSPS) is 24.0. The van der Waals surface area contributed by atoms with Crippen LogP contribution in [0.5, 0.6) is 0 Å². The van der Waals surface area contributed by atoms with Crippen LogP contribution in [0.25, 0.3) is 0 Å². The highest BCUT2D eigenvalue weighted by Gasteiger charge is 1.99. The molecule has 0 atom stereocenters. The monoisotopic (exact) mass is 701 g/mol. The molecule has 14 fully saturated rings. The van der Waals surface area contributed by atoms with Gasteiger partial charge in [-0.05, 0) is 0 Å². The van der Waals surface area contributed by atoms with Gasteiger partial charge < -0.3 is 0 Å². The van der Waals surface area contributed by atoms with E-state index >= 15 is 0 Å². The van der Waals surface area contributed by atoms with Gasteiger partial charge in [0, 0.05) is 0 Å². The fourth-order valence-corrected chi connectivity index (χ4v) is 2.00. The molecule has 0 nitrogen and oxygen atoms in total. The second-order valence-corrected chi connectivity index (χ2v) is 17.7. The fourth-order valence-electron chi connectivity index (χ4n) is 2.00. The van der Waals surface area contributed by atoms with Gasteiger partial charge in [-0.3, -0.25) is 0 Å². The van der Waals surface area contributed by atoms with E-state index in [1.165, 1.54) is 321 Å². The van der Waals surface area contributed by atoms with Crippen LogP contribution in [0.1, 0.15) is 321 Å². The van der Waals surface area contributed by atoms with E-state index in [1.54, 1.807) is 0 Å². The van der Waals surface area contributed by atoms with Crippen molar-refractivity contribution in [3.8, 4) is 0 Å². The van der Waals surface area contributed by atoms with Crippen molar-refractivity contribution in [1.29, 1.82) is 0 Å². The predicted molar refractivity (Wildman–Crippen MR) is 231 cm³/mol. The summed E-state index contributed by atoms with van der Waals surface area (Å²) in [6, 6.07) is 0. The van der Waals surface area contributed by atoms with Crippen LogP contribution in [0.15, 0.2) is 0 Å². The van der Waals surface area contributed by atoms with E-state index in [2.05, 4.69) is 0 Å². The second-order valence-electron chi connectivity index (χ2n) is 17.7. The zero-order chi connectivity index (χ0) is 35.4. The lowest BCUT2D eigenvalue weighted by molar-refractivity contribution is 0.504. The maximum Gasteiger partial charge on any atom is -0.0533 e. The van der Waals surface area contributed by atoms with Crippen LogP contribution in [-0.2, 0) is 0 Å². The standard InChI is InChI=1S/8C4H8.6C3H6/c8*1-2-4-3-1;6*1-2-3-1/h8*1-4H2;6*1-3H2. The van der Waals surface area contributed by atoms with Crippen molar-refractivity contribution in [3.63, 3.8) is 0 Å². The van der Waals surface area contributed by atoms with Gasteiger partial charge in [0.05, 0.1) is 0 Å². The first-order valence-electron chi connectivity index (χ1n) is 25.0. The molecule has 50 heavy (non-hydrogen) atoms. The maximum absolute atomic E-state index is 1.50. The molecule has 0 saturated heterocycles. The van der Waals surface area contributed by atoms with Crippen molar-refractivity contribution < 1.29 is 0 Å². The van der Waals surface area contributed by atoms with Crippen LogP contribution in [0.4, 0.5) is 0 Å². The van der Waals surface area contributed by atoms with Gasteiger partial charge in [0.25, 0.3) is 0 Å². The summed E-state index contributed by atoms with van der Waals surface area (Å²) in [5.74, 6) is 0. The summed E-state index contributed by atoms with van der Waals surface area (Å²) in [5.41, 5.74) is 0. The molecule has 14 saturated carbocycles. The lowest BCUT2D eigenvalue weighted by atomic mass is 10.0. The highest BCUT2D eigenvalue weighted by atomic mass is 14.1. The molecule has 0 heterocycles. The van der Waals surface area contributed by atoms with Crippen LogP contribution < -0.4 is 0 Å². The summed E-state index contributed by atoms with van der Waals surface area (Å²) in [6.45, 7) is 0. The van der Waals surface area contributed by atoms with E-state index in [-0.39, 0.29) is 0 Å². The number of rotatable bonds is 0. The van der Waals surface area contributed by atoms with Gasteiger partial charge in [0.1, 0.15) is 0 Å². The smallest absolute Gasteiger partial charge is 0.0533 e. The quantitative estimate of drug-likeness (QED) is 0.236. The summed E-state index contributed by atoms with van der Waals surface area (Å²) in [6.07, 6.45) is 75.0. The largest absolute Gasteiger partial charge is 0.0533 e. The van der Waals surface area contributed by atoms with Crippen molar-refractivity contribution >= 4 is 0 Å². The van der Waals surface area contributed by atoms with E-state index in [1.807, 2.05) is 0 Å². The molecule has 0 unspecified atom stereocenters. The number of hydrogen-bond donors (Lipinski definition) is 0. The highest BCUT2D eigenvalue weighted by Crippen LogP contribution is 2.19. The summed E-state index contributed by atoms with van der Waals surface area (Å²) >= 11 is 0. The molecule has 0 radical (unpaired) electrons. The van der Waals surface area contributed by atoms with Crippen molar-refractivity contribution in [3.05, 3.63) is 0 Å². The van der Waals surface area contributed by atoms with E-state index in [9.17, 15) is 0 Å². The molecular formula is C50H100. The van der Waals surface area contributed by atoms with Gasteiger partial charge in [-0.25, -0.2) is 0 Å². The second kappa shape index (κ2) is 45.2. The van der Waals surface area contributed by atoms with Gasteiger partial charge in [-0.15, -0.1) is 0 Å². The van der Waals surface area contributed by atoms with E-state index < -0.39 is 0 Å². The molecule has 0 heteroatoms. The fraction of sp³-hybridized carbons (Fsp3) is 1.00. The first kappa shape index (κ1) is 48.0. The molecule has 0 aromatic carbocycles. The predicted octanol–water partition coefficient (Wildman–Crippen LogP) is 19.5. The molecule has 14 aliphatic carbocycles. The van der Waals surface area contributed by atoms with Crippen LogP contribution in [0, 0.1) is 0 Å². The maximum atomic E-state index is 1.50. The van der Waals surface area contributed by atoms with Crippen LogP contribution >= 0.6 is 0 Å². The Bertz CT molecular complexity index is 329. The van der Waals surface area contributed by atoms with Gasteiger partial charge in [-0.1, -0.05) is 321 Å². The highest BCUT2D eigenvalue weighted by molar-refractivity contribution is 4.55. The Morgan fingerprint density at radius 3 is 0.0600 bits per heavy atom. The zero-order valence-corrected chi connectivity index (χ0v) is 35.4. The third kappa shape index (κ3) is 73.4. The topological polar surface area (TPSA) is 0 Å². The Morgan fingerprint density at radius 2 is 0.0600 bits per heavy atom.